The van der Waals surface area contributed by atoms with Gasteiger partial charge in [0.25, 0.3) is 15.5 Å². The molecular formula is C6H3Cl2F2NO3S. The van der Waals surface area contributed by atoms with Gasteiger partial charge < -0.3 is 5.11 Å². The third kappa shape index (κ3) is 2.47. The Labute approximate surface area is 92.9 Å². The van der Waals surface area contributed by atoms with Crippen LogP contribution >= 0.6 is 22.3 Å². The molecule has 1 N–H and O–H groups in total. The number of hydrogen-bond donors (Lipinski definition) is 1. The van der Waals surface area contributed by atoms with Crippen molar-refractivity contribution in [3.8, 4) is 5.75 Å². The first kappa shape index (κ1) is 12.4. The molecule has 84 valence electrons. The number of nitrogens with zero attached hydrogens (tertiary/aromatic N) is 1. The van der Waals surface area contributed by atoms with Gasteiger partial charge in [-0.15, -0.1) is 0 Å². The van der Waals surface area contributed by atoms with E-state index in [4.69, 9.17) is 27.4 Å². The first-order valence-electron chi connectivity index (χ1n) is 3.35. The lowest BCUT2D eigenvalue weighted by molar-refractivity contribution is 0.147. The average molecular weight is 278 g/mol. The summed E-state index contributed by atoms with van der Waals surface area (Å²) < 4.78 is 46.4. The van der Waals surface area contributed by atoms with Gasteiger partial charge >= 0.3 is 0 Å². The Morgan fingerprint density at radius 3 is 2.40 bits per heavy atom. The van der Waals surface area contributed by atoms with Gasteiger partial charge in [0, 0.05) is 10.7 Å². The number of pyridine rings is 1. The van der Waals surface area contributed by atoms with Gasteiger partial charge in [0.15, 0.2) is 5.03 Å². The first-order chi connectivity index (χ1) is 6.75. The zero-order chi connectivity index (χ0) is 11.8. The normalized spacial score (nSPS) is 12.1. The van der Waals surface area contributed by atoms with E-state index in [0.29, 0.717) is 6.20 Å². The lowest BCUT2D eigenvalue weighted by atomic mass is 10.2. The van der Waals surface area contributed by atoms with Crippen molar-refractivity contribution in [3.05, 3.63) is 16.8 Å². The van der Waals surface area contributed by atoms with E-state index in [9.17, 15) is 17.2 Å². The predicted molar refractivity (Wildman–Crippen MR) is 48.9 cm³/mol. The maximum Gasteiger partial charge on any atom is 0.280 e. The minimum atomic E-state index is -4.32. The third-order valence-electron chi connectivity index (χ3n) is 1.45. The molecule has 4 nitrogen and oxygen atoms in total. The molecule has 0 aliphatic carbocycles. The maximum absolute atomic E-state index is 12.3. The predicted octanol–water partition coefficient (Wildman–Crippen LogP) is 2.31. The van der Waals surface area contributed by atoms with Crippen LogP contribution in [0.2, 0.25) is 5.02 Å². The molecule has 0 saturated heterocycles. The van der Waals surface area contributed by atoms with E-state index in [1.165, 1.54) is 0 Å². The Kier molecular flexibility index (Phi) is 3.37. The number of alkyl halides is 2. The molecule has 1 aromatic heterocycles. The van der Waals surface area contributed by atoms with E-state index in [0.717, 1.165) is 0 Å². The van der Waals surface area contributed by atoms with E-state index >= 15 is 0 Å². The van der Waals surface area contributed by atoms with Gasteiger partial charge in [-0.25, -0.2) is 22.2 Å². The highest BCUT2D eigenvalue weighted by Crippen LogP contribution is 2.37. The molecule has 1 rings (SSSR count). The van der Waals surface area contributed by atoms with Gasteiger partial charge in [0.05, 0.1) is 16.8 Å². The van der Waals surface area contributed by atoms with Crippen LogP contribution in [0.3, 0.4) is 0 Å². The molecule has 1 aromatic rings. The number of rotatable bonds is 2. The summed E-state index contributed by atoms with van der Waals surface area (Å²) in [6.45, 7) is 0. The van der Waals surface area contributed by atoms with Crippen LogP contribution in [0, 0.1) is 0 Å². The number of halogens is 4. The smallest absolute Gasteiger partial charge is 0.280 e. The SMILES string of the molecule is O=S(=O)(Cl)c1ncc(O)c(C(F)F)c1Cl. The highest BCUT2D eigenvalue weighted by Gasteiger charge is 2.26. The fourth-order valence-corrected chi connectivity index (χ4v) is 2.36. The monoisotopic (exact) mass is 277 g/mol. The van der Waals surface area contributed by atoms with Crippen LogP contribution in [-0.2, 0) is 9.05 Å². The first-order valence-corrected chi connectivity index (χ1v) is 6.04. The van der Waals surface area contributed by atoms with Crippen molar-refractivity contribution in [1.82, 2.24) is 4.98 Å². The second-order valence-corrected chi connectivity index (χ2v) is 5.27. The van der Waals surface area contributed by atoms with Gasteiger partial charge in [0.1, 0.15) is 5.75 Å². The Bertz CT molecular complexity index is 491. The average Bonchev–Trinajstić information content (AvgIpc) is 2.00. The molecule has 0 aromatic carbocycles. The second-order valence-electron chi connectivity index (χ2n) is 2.41. The molecule has 0 bridgehead atoms. The van der Waals surface area contributed by atoms with Crippen LogP contribution in [0.15, 0.2) is 11.2 Å². The Morgan fingerprint density at radius 1 is 1.47 bits per heavy atom. The summed E-state index contributed by atoms with van der Waals surface area (Å²) in [6, 6.07) is 0. The minimum absolute atomic E-state index is 0.544. The van der Waals surface area contributed by atoms with Crippen molar-refractivity contribution >= 4 is 31.3 Å². The van der Waals surface area contributed by atoms with E-state index in [-0.39, 0.29) is 0 Å². The minimum Gasteiger partial charge on any atom is -0.506 e. The van der Waals surface area contributed by atoms with Crippen molar-refractivity contribution in [2.45, 2.75) is 11.5 Å². The largest absolute Gasteiger partial charge is 0.506 e. The highest BCUT2D eigenvalue weighted by molar-refractivity contribution is 8.13. The second kappa shape index (κ2) is 4.07. The molecule has 0 radical (unpaired) electrons. The summed E-state index contributed by atoms with van der Waals surface area (Å²) in [5.74, 6) is -0.890. The van der Waals surface area contributed by atoms with Crippen LogP contribution in [0.25, 0.3) is 0 Å². The molecule has 0 aliphatic heterocycles. The Balaban J connectivity index is 3.56. The van der Waals surface area contributed by atoms with Crippen LogP contribution in [0.1, 0.15) is 12.0 Å². The molecule has 0 spiro atoms. The summed E-state index contributed by atoms with van der Waals surface area (Å²) in [5, 5.41) is 7.21. The Hall–Kier alpha value is -0.660. The van der Waals surface area contributed by atoms with Gasteiger partial charge in [0.2, 0.25) is 0 Å². The van der Waals surface area contributed by atoms with E-state index < -0.39 is 36.8 Å². The lowest BCUT2D eigenvalue weighted by Crippen LogP contribution is -2.00. The molecule has 0 amide bonds. The molecule has 0 fully saturated rings. The highest BCUT2D eigenvalue weighted by atomic mass is 35.7. The summed E-state index contributed by atoms with van der Waals surface area (Å²) in [4.78, 5) is 3.16. The molecule has 9 heteroatoms. The molecule has 0 unspecified atom stereocenters. The summed E-state index contributed by atoms with van der Waals surface area (Å²) in [7, 11) is 0.570. The summed E-state index contributed by atoms with van der Waals surface area (Å²) in [6.07, 6.45) is -2.58. The number of aromatic hydroxyl groups is 1. The zero-order valence-electron chi connectivity index (χ0n) is 6.79. The van der Waals surface area contributed by atoms with Crippen molar-refractivity contribution in [2.24, 2.45) is 0 Å². The van der Waals surface area contributed by atoms with Gasteiger partial charge in [-0.3, -0.25) is 0 Å². The fourth-order valence-electron chi connectivity index (χ4n) is 0.851. The van der Waals surface area contributed by atoms with E-state index in [2.05, 4.69) is 4.98 Å². The molecule has 0 atom stereocenters. The van der Waals surface area contributed by atoms with E-state index in [1.807, 2.05) is 0 Å². The maximum atomic E-state index is 12.3. The van der Waals surface area contributed by atoms with Crippen LogP contribution < -0.4 is 0 Å². The molecule has 15 heavy (non-hydrogen) atoms. The number of aromatic nitrogens is 1. The molecule has 1 heterocycles. The lowest BCUT2D eigenvalue weighted by Gasteiger charge is -2.07. The van der Waals surface area contributed by atoms with Crippen LogP contribution in [-0.4, -0.2) is 18.5 Å². The summed E-state index contributed by atoms with van der Waals surface area (Å²) >= 11 is 5.33. The summed E-state index contributed by atoms with van der Waals surface area (Å²) in [5.41, 5.74) is -1.01. The van der Waals surface area contributed by atoms with Gasteiger partial charge in [-0.05, 0) is 0 Å². The van der Waals surface area contributed by atoms with Gasteiger partial charge in [-0.1, -0.05) is 11.6 Å². The molecule has 0 aliphatic rings. The zero-order valence-corrected chi connectivity index (χ0v) is 9.11. The number of hydrogen-bond acceptors (Lipinski definition) is 4. The van der Waals surface area contributed by atoms with Crippen LogP contribution in [0.4, 0.5) is 8.78 Å². The fraction of sp³-hybridized carbons (Fsp3) is 0.167. The van der Waals surface area contributed by atoms with Crippen LogP contribution in [0.5, 0.6) is 5.75 Å². The van der Waals surface area contributed by atoms with Crippen molar-refractivity contribution in [1.29, 1.82) is 0 Å². The van der Waals surface area contributed by atoms with Crippen molar-refractivity contribution in [3.63, 3.8) is 0 Å². The Morgan fingerprint density at radius 2 is 2.00 bits per heavy atom. The molecular weight excluding hydrogens is 275 g/mol. The standard InChI is InChI=1S/C6H3Cl2F2NO3S/c7-4-3(5(9)10)2(12)1-11-6(4)15(8,13)14/h1,5,12H. The van der Waals surface area contributed by atoms with Crippen molar-refractivity contribution in [2.75, 3.05) is 0 Å². The molecule has 0 saturated carbocycles. The van der Waals surface area contributed by atoms with E-state index in [1.54, 1.807) is 0 Å². The van der Waals surface area contributed by atoms with Gasteiger partial charge in [-0.2, -0.15) is 0 Å². The topological polar surface area (TPSA) is 67.3 Å². The van der Waals surface area contributed by atoms with Crippen molar-refractivity contribution < 1.29 is 22.3 Å². The quantitative estimate of drug-likeness (QED) is 0.843. The third-order valence-corrected chi connectivity index (χ3v) is 3.16.